The van der Waals surface area contributed by atoms with E-state index in [1.807, 2.05) is 12.1 Å². The average Bonchev–Trinajstić information content (AvgIpc) is 3.24. The monoisotopic (exact) mass is 547 g/mol. The Balaban J connectivity index is 0.00000341. The van der Waals surface area contributed by atoms with Crippen molar-refractivity contribution in [3.05, 3.63) is 35.6 Å². The molecule has 5 nitrogen and oxygen atoms in total. The summed E-state index contributed by atoms with van der Waals surface area (Å²) in [4.78, 5) is 4.99. The van der Waals surface area contributed by atoms with Gasteiger partial charge in [0.05, 0.1) is 0 Å². The maximum absolute atomic E-state index is 13.5. The first-order valence-corrected chi connectivity index (χ1v) is 11.5. The Labute approximate surface area is 204 Å². The third kappa shape index (κ3) is 7.29. The van der Waals surface area contributed by atoms with Gasteiger partial charge in [-0.25, -0.2) is 4.39 Å². The van der Waals surface area contributed by atoms with Crippen LogP contribution in [0.15, 0.2) is 29.3 Å². The minimum Gasteiger partial charge on any atom is -0.385 e. The molecule has 1 saturated heterocycles. The van der Waals surface area contributed by atoms with Gasteiger partial charge in [0.2, 0.25) is 0 Å². The van der Waals surface area contributed by atoms with E-state index in [0.717, 1.165) is 64.7 Å². The second-order valence-corrected chi connectivity index (χ2v) is 8.90. The maximum atomic E-state index is 13.5. The van der Waals surface area contributed by atoms with Crippen molar-refractivity contribution in [3.8, 4) is 0 Å². The van der Waals surface area contributed by atoms with Crippen LogP contribution in [0.2, 0.25) is 0 Å². The van der Waals surface area contributed by atoms with E-state index in [1.54, 1.807) is 19.2 Å². The van der Waals surface area contributed by atoms with Crippen molar-refractivity contribution in [3.63, 3.8) is 0 Å². The fourth-order valence-corrected chi connectivity index (χ4v) is 4.91. The minimum atomic E-state index is -0.193. The Morgan fingerprint density at radius 2 is 1.77 bits per heavy atom. The normalized spacial score (nSPS) is 20.2. The maximum Gasteiger partial charge on any atom is 0.191 e. The van der Waals surface area contributed by atoms with Gasteiger partial charge in [-0.2, -0.15) is 0 Å². The summed E-state index contributed by atoms with van der Waals surface area (Å²) < 4.78 is 24.5. The van der Waals surface area contributed by atoms with Crippen LogP contribution in [0.1, 0.15) is 57.4 Å². The van der Waals surface area contributed by atoms with Crippen molar-refractivity contribution in [1.29, 1.82) is 0 Å². The lowest BCUT2D eigenvalue weighted by Crippen LogP contribution is -2.48. The fraction of sp³-hybridized carbons (Fsp3) is 0.708. The molecule has 1 aliphatic carbocycles. The molecule has 1 aromatic rings. The van der Waals surface area contributed by atoms with Gasteiger partial charge in [0.25, 0.3) is 0 Å². The Bertz CT molecular complexity index is 672. The zero-order valence-corrected chi connectivity index (χ0v) is 21.4. The highest BCUT2D eigenvalue weighted by Gasteiger charge is 2.35. The second kappa shape index (κ2) is 12.9. The summed E-state index contributed by atoms with van der Waals surface area (Å²) >= 11 is 0. The highest BCUT2D eigenvalue weighted by Crippen LogP contribution is 2.41. The molecule has 0 spiro atoms. The number of hydrogen-bond acceptors (Lipinski definition) is 3. The van der Waals surface area contributed by atoms with Gasteiger partial charge in [-0.15, -0.1) is 24.0 Å². The van der Waals surface area contributed by atoms with Crippen LogP contribution < -0.4 is 10.6 Å². The third-order valence-corrected chi connectivity index (χ3v) is 6.92. The van der Waals surface area contributed by atoms with Crippen LogP contribution in [0.3, 0.4) is 0 Å². The fourth-order valence-electron chi connectivity index (χ4n) is 4.91. The molecule has 31 heavy (non-hydrogen) atoms. The second-order valence-electron chi connectivity index (χ2n) is 8.90. The van der Waals surface area contributed by atoms with Crippen molar-refractivity contribution < 1.29 is 13.9 Å². The third-order valence-electron chi connectivity index (χ3n) is 6.92. The van der Waals surface area contributed by atoms with Gasteiger partial charge in [0.1, 0.15) is 5.82 Å². The minimum absolute atomic E-state index is 0. The zero-order chi connectivity index (χ0) is 21.3. The van der Waals surface area contributed by atoms with Gasteiger partial charge >= 0.3 is 0 Å². The van der Waals surface area contributed by atoms with E-state index < -0.39 is 0 Å². The van der Waals surface area contributed by atoms with Gasteiger partial charge in [-0.1, -0.05) is 25.0 Å². The van der Waals surface area contributed by atoms with Gasteiger partial charge < -0.3 is 20.1 Å². The number of ether oxygens (including phenoxy) is 2. The Morgan fingerprint density at radius 3 is 2.39 bits per heavy atom. The summed E-state index contributed by atoms with van der Waals surface area (Å²) in [6.07, 6.45) is 7.95. The largest absolute Gasteiger partial charge is 0.385 e. The van der Waals surface area contributed by atoms with Gasteiger partial charge in [0, 0.05) is 52.0 Å². The van der Waals surface area contributed by atoms with Crippen molar-refractivity contribution >= 4 is 29.9 Å². The molecule has 1 saturated carbocycles. The number of rotatable bonds is 9. The molecule has 0 aromatic heterocycles. The van der Waals surface area contributed by atoms with E-state index >= 15 is 0 Å². The first-order chi connectivity index (χ1) is 14.6. The molecule has 2 aliphatic rings. The van der Waals surface area contributed by atoms with Crippen LogP contribution in [0, 0.1) is 11.2 Å². The zero-order valence-electron chi connectivity index (χ0n) is 19.1. The number of nitrogens with zero attached hydrogens (tertiary/aromatic N) is 1. The van der Waals surface area contributed by atoms with Crippen LogP contribution in [-0.2, 0) is 14.9 Å². The summed E-state index contributed by atoms with van der Waals surface area (Å²) in [5.41, 5.74) is 1.37. The molecule has 176 valence electrons. The predicted molar refractivity (Wildman–Crippen MR) is 135 cm³/mol. The highest BCUT2D eigenvalue weighted by atomic mass is 127. The molecule has 1 heterocycles. The average molecular weight is 547 g/mol. The molecule has 1 aromatic carbocycles. The smallest absolute Gasteiger partial charge is 0.191 e. The van der Waals surface area contributed by atoms with Crippen LogP contribution in [0.4, 0.5) is 4.39 Å². The molecule has 0 bridgehead atoms. The van der Waals surface area contributed by atoms with Crippen LogP contribution in [0.5, 0.6) is 0 Å². The van der Waals surface area contributed by atoms with Crippen molar-refractivity contribution in [1.82, 2.24) is 10.6 Å². The van der Waals surface area contributed by atoms with Crippen LogP contribution in [0.25, 0.3) is 0 Å². The van der Waals surface area contributed by atoms with Crippen molar-refractivity contribution in [2.45, 2.75) is 57.3 Å². The first-order valence-electron chi connectivity index (χ1n) is 11.5. The first kappa shape index (κ1) is 26.3. The number of methoxy groups -OCH3 is 1. The van der Waals surface area contributed by atoms with Crippen LogP contribution in [-0.4, -0.2) is 52.5 Å². The van der Waals surface area contributed by atoms with E-state index in [-0.39, 0.29) is 40.6 Å². The Morgan fingerprint density at radius 1 is 1.10 bits per heavy atom. The van der Waals surface area contributed by atoms with Gasteiger partial charge in [-0.05, 0) is 62.1 Å². The van der Waals surface area contributed by atoms with E-state index in [1.165, 1.54) is 31.2 Å². The van der Waals surface area contributed by atoms with E-state index in [2.05, 4.69) is 17.6 Å². The van der Waals surface area contributed by atoms with E-state index in [9.17, 15) is 4.39 Å². The van der Waals surface area contributed by atoms with Crippen molar-refractivity contribution in [2.24, 2.45) is 10.4 Å². The number of nitrogens with one attached hydrogen (secondary N) is 2. The lowest BCUT2D eigenvalue weighted by Gasteiger charge is -2.38. The molecular formula is C24H39FIN3O2. The Kier molecular flexibility index (Phi) is 11.0. The van der Waals surface area contributed by atoms with Gasteiger partial charge in [-0.3, -0.25) is 4.99 Å². The summed E-state index contributed by atoms with van der Waals surface area (Å²) in [6.45, 7) is 6.77. The Hall–Kier alpha value is -0.930. The molecule has 1 aliphatic heterocycles. The molecule has 0 radical (unpaired) electrons. The number of guanidine groups is 1. The van der Waals surface area contributed by atoms with E-state index in [0.29, 0.717) is 0 Å². The number of halogens is 2. The molecule has 3 rings (SSSR count). The standard InChI is InChI=1S/C24H38FN3O2.HI/c1-3-26-22(27-18-23(12-15-29-2)10-4-5-11-23)28-19-24(13-16-30-17-14-24)20-6-8-21(25)9-7-20;/h6-9H,3-5,10-19H2,1-2H3,(H2,26,27,28);1H. The number of aliphatic imine (C=N–C) groups is 1. The molecule has 0 atom stereocenters. The molecule has 7 heteroatoms. The molecule has 2 fully saturated rings. The highest BCUT2D eigenvalue weighted by molar-refractivity contribution is 14.0. The van der Waals surface area contributed by atoms with Crippen LogP contribution >= 0.6 is 24.0 Å². The van der Waals surface area contributed by atoms with Crippen molar-refractivity contribution in [2.75, 3.05) is 46.6 Å². The lowest BCUT2D eigenvalue weighted by molar-refractivity contribution is 0.0513. The summed E-state index contributed by atoms with van der Waals surface area (Å²) in [6, 6.07) is 6.96. The predicted octanol–water partition coefficient (Wildman–Crippen LogP) is 4.64. The van der Waals surface area contributed by atoms with Gasteiger partial charge in [0.15, 0.2) is 5.96 Å². The number of benzene rings is 1. The quantitative estimate of drug-likeness (QED) is 0.269. The topological polar surface area (TPSA) is 54.9 Å². The SMILES string of the molecule is CCNC(=NCC1(CCOC)CCCC1)NCC1(c2ccc(F)cc2)CCOCC1.I. The molecule has 0 amide bonds. The summed E-state index contributed by atoms with van der Waals surface area (Å²) in [5.74, 6) is 0.677. The molecular weight excluding hydrogens is 508 g/mol. The number of hydrogen-bond donors (Lipinski definition) is 2. The lowest BCUT2D eigenvalue weighted by atomic mass is 9.74. The molecule has 0 unspecified atom stereocenters. The van der Waals surface area contributed by atoms with E-state index in [4.69, 9.17) is 14.5 Å². The molecule has 2 N–H and O–H groups in total. The summed E-state index contributed by atoms with van der Waals surface area (Å²) in [5, 5.41) is 7.01. The summed E-state index contributed by atoms with van der Waals surface area (Å²) in [7, 11) is 1.78.